The maximum Gasteiger partial charge on any atom is 0.179 e. The van der Waals surface area contributed by atoms with Gasteiger partial charge in [-0.25, -0.2) is 4.68 Å². The molecule has 0 aliphatic rings. The monoisotopic (exact) mass is 171 g/mol. The van der Waals surface area contributed by atoms with E-state index < -0.39 is 6.67 Å². The summed E-state index contributed by atoms with van der Waals surface area (Å²) < 4.78 is 13.2. The summed E-state index contributed by atoms with van der Waals surface area (Å²) in [4.78, 5) is 10.9. The first-order valence-electron chi connectivity index (χ1n) is 3.71. The van der Waals surface area contributed by atoms with E-state index in [0.717, 1.165) is 0 Å². The number of alkyl halides is 1. The summed E-state index contributed by atoms with van der Waals surface area (Å²) in [6, 6.07) is 0. The van der Waals surface area contributed by atoms with Gasteiger partial charge in [-0.05, 0) is 6.42 Å². The van der Waals surface area contributed by atoms with E-state index in [4.69, 9.17) is 0 Å². The molecule has 0 unspecified atom stereocenters. The summed E-state index contributed by atoms with van der Waals surface area (Å²) in [6.07, 6.45) is 1.75. The average molecular weight is 171 g/mol. The van der Waals surface area contributed by atoms with Crippen LogP contribution in [0.3, 0.4) is 0 Å². The van der Waals surface area contributed by atoms with E-state index in [1.54, 1.807) is 0 Å². The van der Waals surface area contributed by atoms with E-state index >= 15 is 0 Å². The van der Waals surface area contributed by atoms with Crippen LogP contribution in [0.2, 0.25) is 0 Å². The Kier molecular flexibility index (Phi) is 2.90. The molecule has 0 aromatic carbocycles. The first-order chi connectivity index (χ1) is 5.75. The minimum atomic E-state index is -0.406. The topological polar surface area (TPSA) is 47.8 Å². The molecule has 0 N–H and O–H groups in total. The number of carbonyl (C=O) groups excluding carboxylic acids is 1. The van der Waals surface area contributed by atoms with Gasteiger partial charge >= 0.3 is 0 Å². The molecule has 0 aliphatic carbocycles. The summed E-state index contributed by atoms with van der Waals surface area (Å²) >= 11 is 0. The van der Waals surface area contributed by atoms with Gasteiger partial charge < -0.3 is 0 Å². The number of ketones is 1. The van der Waals surface area contributed by atoms with Gasteiger partial charge in [0, 0.05) is 13.5 Å². The van der Waals surface area contributed by atoms with Gasteiger partial charge in [0.2, 0.25) is 0 Å². The Hall–Kier alpha value is -1.26. The van der Waals surface area contributed by atoms with Crippen molar-refractivity contribution in [3.63, 3.8) is 0 Å². The molecular formula is C7H10FN3O. The normalized spacial score (nSPS) is 10.2. The van der Waals surface area contributed by atoms with Crippen molar-refractivity contribution in [1.29, 1.82) is 0 Å². The zero-order chi connectivity index (χ0) is 8.97. The largest absolute Gasteiger partial charge is 0.293 e. The lowest BCUT2D eigenvalue weighted by molar-refractivity contribution is 0.100. The lowest BCUT2D eigenvalue weighted by Gasteiger charge is -1.99. The second-order valence-electron chi connectivity index (χ2n) is 2.44. The van der Waals surface area contributed by atoms with Crippen molar-refractivity contribution in [1.82, 2.24) is 15.0 Å². The minimum Gasteiger partial charge on any atom is -0.293 e. The lowest BCUT2D eigenvalue weighted by Crippen LogP contribution is -2.08. The van der Waals surface area contributed by atoms with E-state index in [2.05, 4.69) is 10.3 Å². The Balaban J connectivity index is 2.70. The van der Waals surface area contributed by atoms with Crippen LogP contribution >= 0.6 is 0 Å². The predicted octanol–water partition coefficient (Wildman–Crippen LogP) is 0.840. The smallest absolute Gasteiger partial charge is 0.179 e. The number of aromatic nitrogens is 3. The fourth-order valence-corrected chi connectivity index (χ4v) is 0.905. The molecule has 0 aliphatic heterocycles. The van der Waals surface area contributed by atoms with E-state index in [9.17, 15) is 9.18 Å². The molecule has 0 amide bonds. The maximum absolute atomic E-state index is 11.8. The van der Waals surface area contributed by atoms with Gasteiger partial charge in [0.15, 0.2) is 5.78 Å². The Morgan fingerprint density at radius 2 is 2.50 bits per heavy atom. The number of hydrogen-bond acceptors (Lipinski definition) is 3. The molecule has 0 atom stereocenters. The molecule has 0 fully saturated rings. The Labute approximate surface area is 69.4 Å². The van der Waals surface area contributed by atoms with Gasteiger partial charge in [-0.1, -0.05) is 5.21 Å². The van der Waals surface area contributed by atoms with Crippen molar-refractivity contribution in [2.45, 2.75) is 19.9 Å². The molecule has 0 bridgehead atoms. The molecule has 0 radical (unpaired) electrons. The van der Waals surface area contributed by atoms with Gasteiger partial charge in [-0.15, -0.1) is 5.10 Å². The van der Waals surface area contributed by atoms with Crippen LogP contribution in [0.15, 0.2) is 6.20 Å². The Morgan fingerprint density at radius 1 is 1.75 bits per heavy atom. The van der Waals surface area contributed by atoms with Crippen LogP contribution in [-0.2, 0) is 6.54 Å². The molecule has 5 heteroatoms. The molecule has 0 saturated carbocycles. The van der Waals surface area contributed by atoms with E-state index in [1.165, 1.54) is 17.8 Å². The number of rotatable bonds is 4. The zero-order valence-corrected chi connectivity index (χ0v) is 6.83. The highest BCUT2D eigenvalue weighted by Gasteiger charge is 2.06. The molecular weight excluding hydrogens is 161 g/mol. The van der Waals surface area contributed by atoms with Crippen LogP contribution in [0.5, 0.6) is 0 Å². The van der Waals surface area contributed by atoms with Gasteiger partial charge in [0.1, 0.15) is 5.69 Å². The van der Waals surface area contributed by atoms with Crippen molar-refractivity contribution in [3.8, 4) is 0 Å². The number of halogens is 1. The van der Waals surface area contributed by atoms with Crippen LogP contribution < -0.4 is 0 Å². The number of carbonyl (C=O) groups is 1. The lowest BCUT2D eigenvalue weighted by atomic mass is 10.3. The Morgan fingerprint density at radius 3 is 3.08 bits per heavy atom. The van der Waals surface area contributed by atoms with Gasteiger partial charge in [0.25, 0.3) is 0 Å². The standard InChI is InChI=1S/C7H10FN3O/c1-6(12)7-5-9-10-11(7)4-2-3-8/h5H,2-4H2,1H3. The summed E-state index contributed by atoms with van der Waals surface area (Å²) in [5.74, 6) is -0.0983. The quantitative estimate of drug-likeness (QED) is 0.630. The summed E-state index contributed by atoms with van der Waals surface area (Å²) in [6.45, 7) is 1.44. The summed E-state index contributed by atoms with van der Waals surface area (Å²) in [7, 11) is 0. The van der Waals surface area contributed by atoms with Crippen LogP contribution in [0.4, 0.5) is 4.39 Å². The number of aryl methyl sites for hydroxylation is 1. The summed E-state index contributed by atoms with van der Waals surface area (Å²) in [5, 5.41) is 7.22. The fraction of sp³-hybridized carbons (Fsp3) is 0.571. The first kappa shape index (κ1) is 8.83. The van der Waals surface area contributed by atoms with Crippen molar-refractivity contribution in [2.75, 3.05) is 6.67 Å². The third-order valence-electron chi connectivity index (χ3n) is 1.48. The van der Waals surface area contributed by atoms with Crippen LogP contribution in [0, 0.1) is 0 Å². The molecule has 1 aromatic heterocycles. The number of Topliss-reactive ketones (excluding diaryl/α,β-unsaturated/α-hetero) is 1. The summed E-state index contributed by atoms with van der Waals surface area (Å²) in [5.41, 5.74) is 0.434. The van der Waals surface area contributed by atoms with E-state index in [-0.39, 0.29) is 5.78 Å². The molecule has 1 aromatic rings. The molecule has 12 heavy (non-hydrogen) atoms. The molecule has 1 rings (SSSR count). The molecule has 0 spiro atoms. The minimum absolute atomic E-state index is 0.0983. The van der Waals surface area contributed by atoms with Crippen LogP contribution in [0.1, 0.15) is 23.8 Å². The first-order valence-corrected chi connectivity index (χ1v) is 3.71. The Bertz CT molecular complexity index is 271. The van der Waals surface area contributed by atoms with Gasteiger partial charge in [-0.2, -0.15) is 0 Å². The SMILES string of the molecule is CC(=O)c1cnnn1CCCF. The maximum atomic E-state index is 11.8. The van der Waals surface area contributed by atoms with Gasteiger partial charge in [-0.3, -0.25) is 9.18 Å². The molecule has 4 nitrogen and oxygen atoms in total. The van der Waals surface area contributed by atoms with E-state index in [1.807, 2.05) is 0 Å². The molecule has 1 heterocycles. The molecule has 0 saturated heterocycles. The van der Waals surface area contributed by atoms with Crippen LogP contribution in [0.25, 0.3) is 0 Å². The highest BCUT2D eigenvalue weighted by molar-refractivity contribution is 5.91. The highest BCUT2D eigenvalue weighted by Crippen LogP contribution is 1.98. The zero-order valence-electron chi connectivity index (χ0n) is 6.83. The van der Waals surface area contributed by atoms with Crippen molar-refractivity contribution < 1.29 is 9.18 Å². The third-order valence-corrected chi connectivity index (χ3v) is 1.48. The molecule has 66 valence electrons. The van der Waals surface area contributed by atoms with Gasteiger partial charge in [0.05, 0.1) is 12.9 Å². The second kappa shape index (κ2) is 3.94. The average Bonchev–Trinajstić information content (AvgIpc) is 2.48. The fourth-order valence-electron chi connectivity index (χ4n) is 0.905. The third kappa shape index (κ3) is 1.87. The predicted molar refractivity (Wildman–Crippen MR) is 40.6 cm³/mol. The van der Waals surface area contributed by atoms with Crippen molar-refractivity contribution in [2.24, 2.45) is 0 Å². The van der Waals surface area contributed by atoms with E-state index in [0.29, 0.717) is 18.7 Å². The van der Waals surface area contributed by atoms with Crippen molar-refractivity contribution in [3.05, 3.63) is 11.9 Å². The number of hydrogen-bond donors (Lipinski definition) is 0. The van der Waals surface area contributed by atoms with Crippen molar-refractivity contribution >= 4 is 5.78 Å². The number of nitrogens with zero attached hydrogens (tertiary/aromatic N) is 3. The second-order valence-corrected chi connectivity index (χ2v) is 2.44. The van der Waals surface area contributed by atoms with Crippen LogP contribution in [-0.4, -0.2) is 27.5 Å². The highest BCUT2D eigenvalue weighted by atomic mass is 19.1.